The van der Waals surface area contributed by atoms with Crippen LogP contribution in [0.5, 0.6) is 5.75 Å². The second-order valence-corrected chi connectivity index (χ2v) is 7.05. The summed E-state index contributed by atoms with van der Waals surface area (Å²) in [5, 5.41) is 4.04. The lowest BCUT2D eigenvalue weighted by atomic mass is 10.1. The van der Waals surface area contributed by atoms with Crippen molar-refractivity contribution in [2.45, 2.75) is 31.8 Å². The molecule has 144 valence electrons. The molecule has 1 N–H and O–H groups in total. The van der Waals surface area contributed by atoms with Gasteiger partial charge >= 0.3 is 0 Å². The Morgan fingerprint density at radius 2 is 1.93 bits per heavy atom. The third-order valence-electron chi connectivity index (χ3n) is 4.77. The molecule has 0 aliphatic carbocycles. The molecule has 1 heterocycles. The van der Waals surface area contributed by atoms with Crippen molar-refractivity contribution in [2.75, 3.05) is 19.7 Å². The lowest BCUT2D eigenvalue weighted by Crippen LogP contribution is -2.35. The second-order valence-electron chi connectivity index (χ2n) is 6.65. The zero-order chi connectivity index (χ0) is 19.1. The predicted octanol–water partition coefficient (Wildman–Crippen LogP) is 4.03. The maximum Gasteiger partial charge on any atom is 0.223 e. The van der Waals surface area contributed by atoms with Gasteiger partial charge in [-0.3, -0.25) is 4.79 Å². The van der Waals surface area contributed by atoms with Gasteiger partial charge in [0.25, 0.3) is 0 Å². The monoisotopic (exact) mass is 390 g/mol. The van der Waals surface area contributed by atoms with Crippen molar-refractivity contribution in [3.05, 3.63) is 64.9 Å². The van der Waals surface area contributed by atoms with E-state index in [0.29, 0.717) is 36.9 Å². The SMILES string of the molecule is O=C1CCC(CCNCCOc2ccc(F)cc2)N1Cc1ccccc1Cl. The fourth-order valence-corrected chi connectivity index (χ4v) is 3.48. The van der Waals surface area contributed by atoms with Crippen LogP contribution in [-0.2, 0) is 11.3 Å². The number of rotatable bonds is 9. The Morgan fingerprint density at radius 1 is 1.15 bits per heavy atom. The highest BCUT2D eigenvalue weighted by Gasteiger charge is 2.30. The van der Waals surface area contributed by atoms with Crippen LogP contribution in [-0.4, -0.2) is 36.5 Å². The molecule has 0 radical (unpaired) electrons. The highest BCUT2D eigenvalue weighted by atomic mass is 35.5. The van der Waals surface area contributed by atoms with Crippen LogP contribution < -0.4 is 10.1 Å². The number of nitrogens with zero attached hydrogens (tertiary/aromatic N) is 1. The fraction of sp³-hybridized carbons (Fsp3) is 0.381. The summed E-state index contributed by atoms with van der Waals surface area (Å²) in [6, 6.07) is 13.9. The maximum absolute atomic E-state index is 12.8. The van der Waals surface area contributed by atoms with E-state index >= 15 is 0 Å². The molecule has 1 aliphatic heterocycles. The van der Waals surface area contributed by atoms with Crippen molar-refractivity contribution in [1.82, 2.24) is 10.2 Å². The molecule has 1 atom stereocenters. The van der Waals surface area contributed by atoms with Crippen molar-refractivity contribution in [3.63, 3.8) is 0 Å². The van der Waals surface area contributed by atoms with Gasteiger partial charge in [0.15, 0.2) is 0 Å². The molecular weight excluding hydrogens is 367 g/mol. The predicted molar refractivity (Wildman–Crippen MR) is 104 cm³/mol. The van der Waals surface area contributed by atoms with Gasteiger partial charge < -0.3 is 15.0 Å². The zero-order valence-corrected chi connectivity index (χ0v) is 15.9. The standard InChI is InChI=1S/C21H24ClFN2O2/c22-20-4-2-1-3-16(20)15-25-18(7-10-21(25)26)11-12-24-13-14-27-19-8-5-17(23)6-9-19/h1-6,8-9,18,24H,7,10-15H2. The van der Waals surface area contributed by atoms with Gasteiger partial charge in [0.1, 0.15) is 18.2 Å². The lowest BCUT2D eigenvalue weighted by Gasteiger charge is -2.25. The van der Waals surface area contributed by atoms with Crippen molar-refractivity contribution >= 4 is 17.5 Å². The summed E-state index contributed by atoms with van der Waals surface area (Å²) >= 11 is 6.23. The fourth-order valence-electron chi connectivity index (χ4n) is 3.29. The molecule has 6 heteroatoms. The zero-order valence-electron chi connectivity index (χ0n) is 15.2. The second kappa shape index (κ2) is 9.72. The van der Waals surface area contributed by atoms with Crippen LogP contribution in [0.25, 0.3) is 0 Å². The largest absolute Gasteiger partial charge is 0.492 e. The average Bonchev–Trinajstić information content (AvgIpc) is 3.01. The molecule has 3 rings (SSSR count). The number of halogens is 2. The molecule has 1 unspecified atom stereocenters. The normalized spacial score (nSPS) is 16.7. The molecule has 1 saturated heterocycles. The van der Waals surface area contributed by atoms with Gasteiger partial charge in [-0.15, -0.1) is 0 Å². The number of hydrogen-bond donors (Lipinski definition) is 1. The van der Waals surface area contributed by atoms with Gasteiger partial charge in [0.05, 0.1) is 0 Å². The van der Waals surface area contributed by atoms with E-state index in [1.54, 1.807) is 12.1 Å². The first-order valence-corrected chi connectivity index (χ1v) is 9.63. The number of ether oxygens (including phenoxy) is 1. The Bertz CT molecular complexity index is 754. The van der Waals surface area contributed by atoms with Gasteiger partial charge in [0.2, 0.25) is 5.91 Å². The number of carbonyl (C=O) groups excluding carboxylic acids is 1. The van der Waals surface area contributed by atoms with Gasteiger partial charge in [-0.1, -0.05) is 29.8 Å². The summed E-state index contributed by atoms with van der Waals surface area (Å²) in [6.07, 6.45) is 2.38. The first-order chi connectivity index (χ1) is 13.1. The number of likely N-dealkylation sites (tertiary alicyclic amines) is 1. The molecule has 0 saturated carbocycles. The van der Waals surface area contributed by atoms with Crippen LogP contribution in [0.2, 0.25) is 5.02 Å². The summed E-state index contributed by atoms with van der Waals surface area (Å²) in [5.41, 5.74) is 0.986. The molecule has 2 aromatic rings. The minimum absolute atomic E-state index is 0.194. The Labute approximate surface area is 164 Å². The van der Waals surface area contributed by atoms with Crippen molar-refractivity contribution in [2.24, 2.45) is 0 Å². The highest BCUT2D eigenvalue weighted by Crippen LogP contribution is 2.26. The van der Waals surface area contributed by atoms with Crippen LogP contribution >= 0.6 is 11.6 Å². The number of nitrogens with one attached hydrogen (secondary N) is 1. The molecule has 2 aromatic carbocycles. The molecule has 1 fully saturated rings. The Balaban J connectivity index is 1.38. The van der Waals surface area contributed by atoms with E-state index in [2.05, 4.69) is 5.32 Å². The summed E-state index contributed by atoms with van der Waals surface area (Å²) < 4.78 is 18.4. The maximum atomic E-state index is 12.8. The van der Waals surface area contributed by atoms with Crippen molar-refractivity contribution < 1.29 is 13.9 Å². The van der Waals surface area contributed by atoms with Crippen molar-refractivity contribution in [3.8, 4) is 5.75 Å². The Kier molecular flexibility index (Phi) is 7.07. The lowest BCUT2D eigenvalue weighted by molar-refractivity contribution is -0.129. The Morgan fingerprint density at radius 3 is 2.70 bits per heavy atom. The van der Waals surface area contributed by atoms with E-state index in [1.807, 2.05) is 29.2 Å². The van der Waals surface area contributed by atoms with E-state index in [-0.39, 0.29) is 17.8 Å². The minimum atomic E-state index is -0.270. The third-order valence-corrected chi connectivity index (χ3v) is 5.14. The summed E-state index contributed by atoms with van der Waals surface area (Å²) in [5.74, 6) is 0.581. The molecule has 1 amide bonds. The molecule has 0 aromatic heterocycles. The minimum Gasteiger partial charge on any atom is -0.492 e. The van der Waals surface area contributed by atoms with Crippen LogP contribution in [0.3, 0.4) is 0 Å². The number of benzene rings is 2. The number of amides is 1. The third kappa shape index (κ3) is 5.68. The first-order valence-electron chi connectivity index (χ1n) is 9.25. The van der Waals surface area contributed by atoms with Gasteiger partial charge in [-0.25, -0.2) is 4.39 Å². The Hall–Kier alpha value is -2.11. The van der Waals surface area contributed by atoms with Crippen LogP contribution in [0.4, 0.5) is 4.39 Å². The van der Waals surface area contributed by atoms with E-state index in [1.165, 1.54) is 12.1 Å². The number of hydrogen-bond acceptors (Lipinski definition) is 3. The van der Waals surface area contributed by atoms with Crippen LogP contribution in [0, 0.1) is 5.82 Å². The summed E-state index contributed by atoms with van der Waals surface area (Å²) in [4.78, 5) is 14.2. The van der Waals surface area contributed by atoms with Crippen molar-refractivity contribution in [1.29, 1.82) is 0 Å². The van der Waals surface area contributed by atoms with Crippen LogP contribution in [0.15, 0.2) is 48.5 Å². The van der Waals surface area contributed by atoms with Gasteiger partial charge in [-0.2, -0.15) is 0 Å². The molecule has 4 nitrogen and oxygen atoms in total. The van der Waals surface area contributed by atoms with Crippen LogP contribution in [0.1, 0.15) is 24.8 Å². The quantitative estimate of drug-likeness (QED) is 0.657. The first kappa shape index (κ1) is 19.6. The van der Waals surface area contributed by atoms with E-state index in [4.69, 9.17) is 16.3 Å². The molecular formula is C21H24ClFN2O2. The average molecular weight is 391 g/mol. The van der Waals surface area contributed by atoms with E-state index in [9.17, 15) is 9.18 Å². The summed E-state index contributed by atoms with van der Waals surface area (Å²) in [7, 11) is 0. The smallest absolute Gasteiger partial charge is 0.223 e. The highest BCUT2D eigenvalue weighted by molar-refractivity contribution is 6.31. The number of carbonyl (C=O) groups is 1. The van der Waals surface area contributed by atoms with E-state index in [0.717, 1.165) is 24.9 Å². The molecule has 27 heavy (non-hydrogen) atoms. The topological polar surface area (TPSA) is 41.6 Å². The van der Waals surface area contributed by atoms with E-state index < -0.39 is 0 Å². The molecule has 1 aliphatic rings. The molecule has 0 spiro atoms. The molecule has 0 bridgehead atoms. The summed E-state index contributed by atoms with van der Waals surface area (Å²) in [6.45, 7) is 2.59. The van der Waals surface area contributed by atoms with Gasteiger partial charge in [0, 0.05) is 30.6 Å². The van der Waals surface area contributed by atoms with Gasteiger partial charge in [-0.05, 0) is 55.3 Å².